The molecular weight excluding hydrogens is 266 g/mol. The number of hydrogen-bond acceptors (Lipinski definition) is 5. The first-order valence-electron chi connectivity index (χ1n) is 6.94. The molecular formula is C15H17N5O. The van der Waals surface area contributed by atoms with Crippen LogP contribution in [0.1, 0.15) is 10.4 Å². The van der Waals surface area contributed by atoms with E-state index >= 15 is 0 Å². The number of piperazine rings is 1. The highest BCUT2D eigenvalue weighted by Crippen LogP contribution is 2.14. The Labute approximate surface area is 123 Å². The lowest BCUT2D eigenvalue weighted by atomic mass is 10.2. The number of rotatable bonds is 3. The van der Waals surface area contributed by atoms with Gasteiger partial charge in [-0.15, -0.1) is 0 Å². The molecule has 2 aromatic heterocycles. The van der Waals surface area contributed by atoms with Crippen LogP contribution < -0.4 is 10.3 Å². The summed E-state index contributed by atoms with van der Waals surface area (Å²) in [6.45, 7) is 3.32. The minimum atomic E-state index is -0.111. The van der Waals surface area contributed by atoms with Gasteiger partial charge in [0.15, 0.2) is 0 Å². The van der Waals surface area contributed by atoms with E-state index in [1.54, 1.807) is 36.9 Å². The van der Waals surface area contributed by atoms with Crippen LogP contribution in [0.5, 0.6) is 0 Å². The van der Waals surface area contributed by atoms with E-state index in [-0.39, 0.29) is 5.91 Å². The summed E-state index contributed by atoms with van der Waals surface area (Å²) < 4.78 is 0. The SMILES string of the molecule is O=C(NN1CCN(c2ccncc2)CC1)c1cccnc1. The average molecular weight is 283 g/mol. The maximum atomic E-state index is 12.0. The van der Waals surface area contributed by atoms with Crippen molar-refractivity contribution in [1.82, 2.24) is 20.4 Å². The first-order valence-corrected chi connectivity index (χ1v) is 6.94. The molecule has 0 spiro atoms. The smallest absolute Gasteiger partial charge is 0.267 e. The molecule has 1 N–H and O–H groups in total. The van der Waals surface area contributed by atoms with Gasteiger partial charge < -0.3 is 4.90 Å². The van der Waals surface area contributed by atoms with E-state index in [0.717, 1.165) is 26.2 Å². The highest BCUT2D eigenvalue weighted by molar-refractivity contribution is 5.93. The highest BCUT2D eigenvalue weighted by atomic mass is 16.2. The number of hydrazine groups is 1. The maximum Gasteiger partial charge on any atom is 0.267 e. The standard InChI is InChI=1S/C15H17N5O/c21-15(13-2-1-5-17-12-13)18-20-10-8-19(9-11-20)14-3-6-16-7-4-14/h1-7,12H,8-11H2,(H,18,21). The predicted molar refractivity (Wildman–Crippen MR) is 79.7 cm³/mol. The average Bonchev–Trinajstić information content (AvgIpc) is 2.57. The second-order valence-electron chi connectivity index (χ2n) is 4.86. The third-order valence-corrected chi connectivity index (χ3v) is 3.49. The molecule has 1 fully saturated rings. The van der Waals surface area contributed by atoms with E-state index in [1.807, 2.05) is 17.1 Å². The lowest BCUT2D eigenvalue weighted by Crippen LogP contribution is -2.53. The summed E-state index contributed by atoms with van der Waals surface area (Å²) in [6.07, 6.45) is 6.82. The van der Waals surface area contributed by atoms with Gasteiger partial charge >= 0.3 is 0 Å². The third-order valence-electron chi connectivity index (χ3n) is 3.49. The van der Waals surface area contributed by atoms with E-state index in [1.165, 1.54) is 5.69 Å². The van der Waals surface area contributed by atoms with Gasteiger partial charge in [-0.05, 0) is 24.3 Å². The van der Waals surface area contributed by atoms with E-state index < -0.39 is 0 Å². The van der Waals surface area contributed by atoms with Gasteiger partial charge in [0, 0.05) is 56.7 Å². The molecule has 2 aromatic rings. The van der Waals surface area contributed by atoms with Gasteiger partial charge in [0.05, 0.1) is 5.56 Å². The zero-order valence-corrected chi connectivity index (χ0v) is 11.6. The van der Waals surface area contributed by atoms with E-state index in [0.29, 0.717) is 5.56 Å². The monoisotopic (exact) mass is 283 g/mol. The Morgan fingerprint density at radius 2 is 1.76 bits per heavy atom. The molecule has 0 radical (unpaired) electrons. The van der Waals surface area contributed by atoms with Gasteiger partial charge in [-0.3, -0.25) is 20.2 Å². The van der Waals surface area contributed by atoms with Gasteiger partial charge in [0.25, 0.3) is 5.91 Å². The Morgan fingerprint density at radius 3 is 2.43 bits per heavy atom. The molecule has 1 aliphatic heterocycles. The van der Waals surface area contributed by atoms with E-state index in [9.17, 15) is 4.79 Å². The first kappa shape index (κ1) is 13.5. The van der Waals surface area contributed by atoms with Gasteiger partial charge in [-0.2, -0.15) is 0 Å². The summed E-state index contributed by atoms with van der Waals surface area (Å²) in [5.41, 5.74) is 4.67. The second kappa shape index (κ2) is 6.32. The Hall–Kier alpha value is -2.47. The maximum absolute atomic E-state index is 12.0. The highest BCUT2D eigenvalue weighted by Gasteiger charge is 2.19. The lowest BCUT2D eigenvalue weighted by Gasteiger charge is -2.35. The van der Waals surface area contributed by atoms with Crippen LogP contribution in [-0.2, 0) is 0 Å². The van der Waals surface area contributed by atoms with Gasteiger partial charge in [0.2, 0.25) is 0 Å². The molecule has 6 heteroatoms. The number of aromatic nitrogens is 2. The molecule has 0 atom stereocenters. The summed E-state index contributed by atoms with van der Waals surface area (Å²) in [6, 6.07) is 7.53. The van der Waals surface area contributed by atoms with Crippen LogP contribution in [-0.4, -0.2) is 47.1 Å². The first-order chi connectivity index (χ1) is 10.3. The van der Waals surface area contributed by atoms with Crippen molar-refractivity contribution in [2.24, 2.45) is 0 Å². The molecule has 108 valence electrons. The summed E-state index contributed by atoms with van der Waals surface area (Å²) in [5.74, 6) is -0.111. The van der Waals surface area contributed by atoms with Crippen molar-refractivity contribution < 1.29 is 4.79 Å². The Morgan fingerprint density at radius 1 is 1.00 bits per heavy atom. The molecule has 1 amide bonds. The van der Waals surface area contributed by atoms with Crippen LogP contribution in [0.2, 0.25) is 0 Å². The molecule has 3 rings (SSSR count). The largest absolute Gasteiger partial charge is 0.369 e. The van der Waals surface area contributed by atoms with Crippen LogP contribution in [0.15, 0.2) is 49.1 Å². The molecule has 21 heavy (non-hydrogen) atoms. The third kappa shape index (κ3) is 3.35. The minimum Gasteiger partial charge on any atom is -0.369 e. The fraction of sp³-hybridized carbons (Fsp3) is 0.267. The lowest BCUT2D eigenvalue weighted by molar-refractivity contribution is 0.0777. The van der Waals surface area contributed by atoms with Crippen molar-refractivity contribution in [3.8, 4) is 0 Å². The molecule has 1 aliphatic rings. The number of carbonyl (C=O) groups excluding carboxylic acids is 1. The van der Waals surface area contributed by atoms with Crippen LogP contribution in [0.4, 0.5) is 5.69 Å². The van der Waals surface area contributed by atoms with Crippen molar-refractivity contribution in [3.05, 3.63) is 54.6 Å². The number of anilines is 1. The molecule has 0 saturated carbocycles. The summed E-state index contributed by atoms with van der Waals surface area (Å²) in [5, 5.41) is 1.95. The number of nitrogens with one attached hydrogen (secondary N) is 1. The number of hydrogen-bond donors (Lipinski definition) is 1. The zero-order valence-electron chi connectivity index (χ0n) is 11.6. The Bertz CT molecular complexity index is 582. The van der Waals surface area contributed by atoms with Crippen LogP contribution >= 0.6 is 0 Å². The topological polar surface area (TPSA) is 61.4 Å². The van der Waals surface area contributed by atoms with Crippen molar-refractivity contribution in [1.29, 1.82) is 0 Å². The van der Waals surface area contributed by atoms with Crippen molar-refractivity contribution in [2.45, 2.75) is 0 Å². The molecule has 0 aromatic carbocycles. The molecule has 6 nitrogen and oxygen atoms in total. The van der Waals surface area contributed by atoms with Crippen LogP contribution in [0.3, 0.4) is 0 Å². The molecule has 0 unspecified atom stereocenters. The molecule has 3 heterocycles. The fourth-order valence-electron chi connectivity index (χ4n) is 2.34. The second-order valence-corrected chi connectivity index (χ2v) is 4.86. The predicted octanol–water partition coefficient (Wildman–Crippen LogP) is 0.944. The summed E-state index contributed by atoms with van der Waals surface area (Å²) in [4.78, 5) is 22.3. The van der Waals surface area contributed by atoms with Crippen LogP contribution in [0.25, 0.3) is 0 Å². The van der Waals surface area contributed by atoms with Crippen LogP contribution in [0, 0.1) is 0 Å². The Kier molecular flexibility index (Phi) is 4.07. The zero-order chi connectivity index (χ0) is 14.5. The quantitative estimate of drug-likeness (QED) is 0.908. The molecule has 0 bridgehead atoms. The van der Waals surface area contributed by atoms with E-state index in [4.69, 9.17) is 0 Å². The number of pyridine rings is 2. The number of carbonyl (C=O) groups is 1. The van der Waals surface area contributed by atoms with Gasteiger partial charge in [0.1, 0.15) is 0 Å². The van der Waals surface area contributed by atoms with Gasteiger partial charge in [-0.1, -0.05) is 0 Å². The summed E-state index contributed by atoms with van der Waals surface area (Å²) in [7, 11) is 0. The summed E-state index contributed by atoms with van der Waals surface area (Å²) >= 11 is 0. The van der Waals surface area contributed by atoms with Gasteiger partial charge in [-0.25, -0.2) is 5.01 Å². The fourth-order valence-corrected chi connectivity index (χ4v) is 2.34. The van der Waals surface area contributed by atoms with Crippen molar-refractivity contribution in [3.63, 3.8) is 0 Å². The van der Waals surface area contributed by atoms with Crippen molar-refractivity contribution in [2.75, 3.05) is 31.1 Å². The number of amides is 1. The Balaban J connectivity index is 1.53. The minimum absolute atomic E-state index is 0.111. The number of nitrogens with zero attached hydrogens (tertiary/aromatic N) is 4. The normalized spacial score (nSPS) is 15.7. The molecule has 0 aliphatic carbocycles. The molecule has 1 saturated heterocycles. The van der Waals surface area contributed by atoms with E-state index in [2.05, 4.69) is 20.3 Å². The van der Waals surface area contributed by atoms with Crippen molar-refractivity contribution >= 4 is 11.6 Å².